The highest BCUT2D eigenvalue weighted by Crippen LogP contribution is 2.40. The first-order valence-corrected chi connectivity index (χ1v) is 12.7. The van der Waals surface area contributed by atoms with E-state index < -0.39 is 0 Å². The van der Waals surface area contributed by atoms with Crippen molar-refractivity contribution in [3.8, 4) is 0 Å². The van der Waals surface area contributed by atoms with Gasteiger partial charge in [-0.1, -0.05) is 68.0 Å². The summed E-state index contributed by atoms with van der Waals surface area (Å²) in [5.74, 6) is 1.26. The zero-order valence-electron chi connectivity index (χ0n) is 18.8. The number of nitrogens with one attached hydrogen (secondary N) is 2. The van der Waals surface area contributed by atoms with Crippen LogP contribution in [-0.2, 0) is 0 Å². The number of allylic oxidation sites excluding steroid dienone is 5. The Morgan fingerprint density at radius 1 is 1.10 bits per heavy atom. The second kappa shape index (κ2) is 13.8. The van der Waals surface area contributed by atoms with Crippen molar-refractivity contribution in [1.82, 2.24) is 14.5 Å². The van der Waals surface area contributed by atoms with Gasteiger partial charge in [0, 0.05) is 43.4 Å². The maximum atomic E-state index is 8.73. The zero-order chi connectivity index (χ0) is 21.7. The maximum absolute atomic E-state index is 8.73. The lowest BCUT2D eigenvalue weighted by molar-refractivity contribution is 0.196. The van der Waals surface area contributed by atoms with Crippen LogP contribution < -0.4 is 10.2 Å². The third-order valence-corrected chi connectivity index (χ3v) is 7.33. The SMILES string of the molecule is C=C(CCCCCCNSN1CCC(C(C2=CCCC=C2)c2ccccc2)CC1)NO. The molecular weight excluding hydrogens is 402 g/mol. The Hall–Kier alpha value is -1.53. The third kappa shape index (κ3) is 8.15. The van der Waals surface area contributed by atoms with Crippen molar-refractivity contribution in [3.05, 3.63) is 72.0 Å². The normalized spacial score (nSPS) is 18.5. The Morgan fingerprint density at radius 3 is 2.58 bits per heavy atom. The molecule has 31 heavy (non-hydrogen) atoms. The summed E-state index contributed by atoms with van der Waals surface area (Å²) in [6, 6.07) is 11.1. The average Bonchev–Trinajstić information content (AvgIpc) is 2.83. The molecule has 3 N–H and O–H groups in total. The van der Waals surface area contributed by atoms with Crippen LogP contribution in [0.3, 0.4) is 0 Å². The summed E-state index contributed by atoms with van der Waals surface area (Å²) in [5.41, 5.74) is 5.84. The number of hydroxylamine groups is 1. The topological polar surface area (TPSA) is 47.5 Å². The van der Waals surface area contributed by atoms with E-state index in [1.165, 1.54) is 56.1 Å². The lowest BCUT2D eigenvalue weighted by atomic mass is 9.75. The van der Waals surface area contributed by atoms with E-state index in [1.807, 2.05) is 12.1 Å². The molecule has 1 aromatic carbocycles. The quantitative estimate of drug-likeness (QED) is 0.189. The largest absolute Gasteiger partial charge is 0.291 e. The van der Waals surface area contributed by atoms with Gasteiger partial charge >= 0.3 is 0 Å². The van der Waals surface area contributed by atoms with Crippen LogP contribution in [0.4, 0.5) is 0 Å². The van der Waals surface area contributed by atoms with Crippen molar-refractivity contribution in [2.45, 2.75) is 63.7 Å². The molecule has 0 saturated carbocycles. The fourth-order valence-electron chi connectivity index (χ4n) is 4.64. The third-order valence-electron chi connectivity index (χ3n) is 6.37. The highest BCUT2D eigenvalue weighted by molar-refractivity contribution is 7.95. The van der Waals surface area contributed by atoms with Crippen LogP contribution in [0.1, 0.15) is 69.3 Å². The molecule has 1 atom stereocenters. The van der Waals surface area contributed by atoms with E-state index in [2.05, 4.69) is 69.6 Å². The van der Waals surface area contributed by atoms with Crippen LogP contribution >= 0.6 is 12.1 Å². The summed E-state index contributed by atoms with van der Waals surface area (Å²) in [7, 11) is 0. The summed E-state index contributed by atoms with van der Waals surface area (Å²) in [5, 5.41) is 8.73. The van der Waals surface area contributed by atoms with Gasteiger partial charge in [-0.05, 0) is 62.0 Å². The molecular formula is C26H39N3OS. The molecule has 0 radical (unpaired) electrons. The predicted molar refractivity (Wildman–Crippen MR) is 133 cm³/mol. The smallest absolute Gasteiger partial charge is 0.0304 e. The van der Waals surface area contributed by atoms with E-state index >= 15 is 0 Å². The molecule has 0 bridgehead atoms. The Balaban J connectivity index is 1.37. The molecule has 3 rings (SSSR count). The van der Waals surface area contributed by atoms with E-state index in [9.17, 15) is 0 Å². The summed E-state index contributed by atoms with van der Waals surface area (Å²) >= 11 is 1.81. The van der Waals surface area contributed by atoms with Crippen molar-refractivity contribution in [2.24, 2.45) is 5.92 Å². The Bertz CT molecular complexity index is 711. The first kappa shape index (κ1) is 24.1. The number of piperidine rings is 1. The molecule has 170 valence electrons. The van der Waals surface area contributed by atoms with E-state index in [1.54, 1.807) is 0 Å². The van der Waals surface area contributed by atoms with Crippen LogP contribution in [-0.4, -0.2) is 29.1 Å². The second-order valence-electron chi connectivity index (χ2n) is 8.70. The van der Waals surface area contributed by atoms with Gasteiger partial charge in [-0.2, -0.15) is 0 Å². The van der Waals surface area contributed by atoms with Gasteiger partial charge in [0.25, 0.3) is 0 Å². The van der Waals surface area contributed by atoms with Crippen LogP contribution in [0.25, 0.3) is 0 Å². The Morgan fingerprint density at radius 2 is 1.87 bits per heavy atom. The lowest BCUT2D eigenvalue weighted by Crippen LogP contribution is -2.34. The number of hydrogen-bond donors (Lipinski definition) is 3. The van der Waals surface area contributed by atoms with E-state index in [4.69, 9.17) is 5.21 Å². The van der Waals surface area contributed by atoms with E-state index in [0.29, 0.717) is 11.6 Å². The van der Waals surface area contributed by atoms with Gasteiger partial charge in [0.2, 0.25) is 0 Å². The van der Waals surface area contributed by atoms with Gasteiger partial charge in [-0.25, -0.2) is 4.31 Å². The molecule has 1 fully saturated rings. The van der Waals surface area contributed by atoms with Gasteiger partial charge in [0.1, 0.15) is 0 Å². The van der Waals surface area contributed by atoms with Gasteiger partial charge < -0.3 is 0 Å². The highest BCUT2D eigenvalue weighted by Gasteiger charge is 2.29. The van der Waals surface area contributed by atoms with Crippen molar-refractivity contribution >= 4 is 12.1 Å². The number of hydrogen-bond acceptors (Lipinski definition) is 5. The lowest BCUT2D eigenvalue weighted by Gasteiger charge is -2.36. The summed E-state index contributed by atoms with van der Waals surface area (Å²) in [6.07, 6.45) is 17.6. The monoisotopic (exact) mass is 441 g/mol. The molecule has 4 nitrogen and oxygen atoms in total. The minimum atomic E-state index is 0.537. The molecule has 0 aromatic heterocycles. The van der Waals surface area contributed by atoms with Crippen molar-refractivity contribution in [1.29, 1.82) is 0 Å². The second-order valence-corrected chi connectivity index (χ2v) is 9.69. The van der Waals surface area contributed by atoms with Gasteiger partial charge in [0.15, 0.2) is 0 Å². The summed E-state index contributed by atoms with van der Waals surface area (Å²) < 4.78 is 6.06. The van der Waals surface area contributed by atoms with Gasteiger partial charge in [-0.3, -0.25) is 15.4 Å². The van der Waals surface area contributed by atoms with Crippen molar-refractivity contribution in [2.75, 3.05) is 19.6 Å². The molecule has 0 amide bonds. The van der Waals surface area contributed by atoms with Crippen LogP contribution in [0.5, 0.6) is 0 Å². The van der Waals surface area contributed by atoms with Crippen LogP contribution in [0.2, 0.25) is 0 Å². The van der Waals surface area contributed by atoms with E-state index in [-0.39, 0.29) is 0 Å². The fourth-order valence-corrected chi connectivity index (χ4v) is 5.46. The van der Waals surface area contributed by atoms with E-state index in [0.717, 1.165) is 38.4 Å². The molecule has 1 heterocycles. The number of benzene rings is 1. The molecule has 0 spiro atoms. The molecule has 1 saturated heterocycles. The van der Waals surface area contributed by atoms with Crippen molar-refractivity contribution in [3.63, 3.8) is 0 Å². The zero-order valence-corrected chi connectivity index (χ0v) is 19.6. The molecule has 1 aliphatic carbocycles. The Labute approximate surface area is 193 Å². The molecule has 5 heteroatoms. The number of unbranched alkanes of at least 4 members (excludes halogenated alkanes) is 3. The number of rotatable bonds is 13. The summed E-state index contributed by atoms with van der Waals surface area (Å²) in [6.45, 7) is 7.10. The molecule has 1 aromatic rings. The Kier molecular flexibility index (Phi) is 10.7. The standard InChI is InChI=1S/C26H39N3OS/c1-22(28-30)12-6-2-3-11-19-27-31-29-20-17-25(18-21-29)26(23-13-7-4-8-14-23)24-15-9-5-10-16-24/h4,7-9,13-16,25-28,30H,1-3,5-6,10-12,17-21H2. The minimum absolute atomic E-state index is 0.537. The maximum Gasteiger partial charge on any atom is 0.0304 e. The molecule has 1 aliphatic heterocycles. The first-order chi connectivity index (χ1) is 15.3. The average molecular weight is 442 g/mol. The fraction of sp³-hybridized carbons (Fsp3) is 0.538. The molecule has 2 aliphatic rings. The molecule has 1 unspecified atom stereocenters. The minimum Gasteiger partial charge on any atom is -0.291 e. The van der Waals surface area contributed by atoms with Crippen LogP contribution in [0, 0.1) is 5.92 Å². The van der Waals surface area contributed by atoms with Gasteiger partial charge in [0.05, 0.1) is 0 Å². The number of nitrogens with zero attached hydrogens (tertiary/aromatic N) is 1. The summed E-state index contributed by atoms with van der Waals surface area (Å²) in [4.78, 5) is 0. The van der Waals surface area contributed by atoms with Gasteiger partial charge in [-0.15, -0.1) is 0 Å². The van der Waals surface area contributed by atoms with Crippen LogP contribution in [0.15, 0.2) is 66.4 Å². The van der Waals surface area contributed by atoms with Crippen molar-refractivity contribution < 1.29 is 5.21 Å². The first-order valence-electron chi connectivity index (χ1n) is 11.9. The highest BCUT2D eigenvalue weighted by atomic mass is 32.2. The predicted octanol–water partition coefficient (Wildman–Crippen LogP) is 6.35.